The summed E-state index contributed by atoms with van der Waals surface area (Å²) < 4.78 is 0. The van der Waals surface area contributed by atoms with Gasteiger partial charge in [0.25, 0.3) is 0 Å². The molecular weight excluding hydrogens is 234 g/mol. The Morgan fingerprint density at radius 3 is 1.58 bits per heavy atom. The summed E-state index contributed by atoms with van der Waals surface area (Å²) in [5.41, 5.74) is 5.36. The van der Waals surface area contributed by atoms with Gasteiger partial charge in [0, 0.05) is 0 Å². The lowest BCUT2D eigenvalue weighted by Gasteiger charge is -2.25. The molecule has 2 heteroatoms. The summed E-state index contributed by atoms with van der Waals surface area (Å²) in [6, 6.07) is 20.7. The van der Waals surface area contributed by atoms with Gasteiger partial charge in [-0.1, -0.05) is 60.7 Å². The van der Waals surface area contributed by atoms with Crippen molar-refractivity contribution in [1.29, 1.82) is 0 Å². The molecule has 0 heterocycles. The number of rotatable bonds is 4. The van der Waals surface area contributed by atoms with Crippen molar-refractivity contribution in [3.05, 3.63) is 71.8 Å². The lowest BCUT2D eigenvalue weighted by atomic mass is 10.00. The Balaban J connectivity index is 2.24. The van der Waals surface area contributed by atoms with Crippen molar-refractivity contribution >= 4 is 0 Å². The van der Waals surface area contributed by atoms with Crippen molar-refractivity contribution in [2.75, 3.05) is 0 Å². The SMILES string of the molecule is CC(C)(C)ONC(c1ccccc1)c1ccccc1. The van der Waals surface area contributed by atoms with E-state index in [-0.39, 0.29) is 11.6 Å². The number of hydrogen-bond acceptors (Lipinski definition) is 2. The number of hydrogen-bond donors (Lipinski definition) is 1. The molecule has 0 aliphatic rings. The average molecular weight is 255 g/mol. The van der Waals surface area contributed by atoms with E-state index in [1.807, 2.05) is 57.2 Å². The van der Waals surface area contributed by atoms with E-state index in [2.05, 4.69) is 29.7 Å². The van der Waals surface area contributed by atoms with Gasteiger partial charge in [-0.3, -0.25) is 4.84 Å². The van der Waals surface area contributed by atoms with Gasteiger partial charge < -0.3 is 0 Å². The fourth-order valence-corrected chi connectivity index (χ4v) is 1.86. The molecule has 2 rings (SSSR count). The van der Waals surface area contributed by atoms with Gasteiger partial charge in [0.2, 0.25) is 0 Å². The lowest BCUT2D eigenvalue weighted by molar-refractivity contribution is -0.0836. The van der Waals surface area contributed by atoms with Crippen LogP contribution in [0.25, 0.3) is 0 Å². The number of hydroxylamine groups is 1. The Morgan fingerprint density at radius 2 is 1.21 bits per heavy atom. The summed E-state index contributed by atoms with van der Waals surface area (Å²) in [5.74, 6) is 0. The van der Waals surface area contributed by atoms with E-state index in [0.717, 1.165) is 0 Å². The number of nitrogens with one attached hydrogen (secondary N) is 1. The van der Waals surface area contributed by atoms with E-state index in [1.54, 1.807) is 0 Å². The molecule has 0 saturated carbocycles. The zero-order valence-electron chi connectivity index (χ0n) is 11.8. The molecule has 2 aromatic rings. The molecule has 0 aliphatic heterocycles. The minimum absolute atomic E-state index is 0.0432. The van der Waals surface area contributed by atoms with E-state index in [1.165, 1.54) is 11.1 Å². The van der Waals surface area contributed by atoms with Crippen molar-refractivity contribution in [3.8, 4) is 0 Å². The topological polar surface area (TPSA) is 21.3 Å². The predicted molar refractivity (Wildman–Crippen MR) is 78.7 cm³/mol. The van der Waals surface area contributed by atoms with Crippen LogP contribution in [-0.4, -0.2) is 5.60 Å². The first-order valence-electron chi connectivity index (χ1n) is 6.60. The average Bonchev–Trinajstić information content (AvgIpc) is 2.40. The molecule has 0 spiro atoms. The highest BCUT2D eigenvalue weighted by Gasteiger charge is 2.17. The molecule has 0 aliphatic carbocycles. The van der Waals surface area contributed by atoms with Crippen molar-refractivity contribution < 1.29 is 4.84 Å². The Morgan fingerprint density at radius 1 is 0.789 bits per heavy atom. The second-order valence-electron chi connectivity index (χ2n) is 5.59. The van der Waals surface area contributed by atoms with Crippen LogP contribution in [0, 0.1) is 0 Å². The fourth-order valence-electron chi connectivity index (χ4n) is 1.86. The second kappa shape index (κ2) is 6.00. The van der Waals surface area contributed by atoms with Crippen LogP contribution >= 0.6 is 0 Å². The first kappa shape index (κ1) is 13.8. The normalized spacial score (nSPS) is 11.8. The summed E-state index contributed by atoms with van der Waals surface area (Å²) >= 11 is 0. The molecule has 2 aromatic carbocycles. The highest BCUT2D eigenvalue weighted by Crippen LogP contribution is 2.22. The molecule has 0 amide bonds. The summed E-state index contributed by atoms with van der Waals surface area (Å²) in [7, 11) is 0. The van der Waals surface area contributed by atoms with E-state index >= 15 is 0 Å². The monoisotopic (exact) mass is 255 g/mol. The molecule has 0 saturated heterocycles. The number of benzene rings is 2. The fraction of sp³-hybridized carbons (Fsp3) is 0.294. The molecule has 0 radical (unpaired) electrons. The Labute approximate surface area is 115 Å². The van der Waals surface area contributed by atoms with Gasteiger partial charge in [0.1, 0.15) is 0 Å². The van der Waals surface area contributed by atoms with Crippen LogP contribution in [0.4, 0.5) is 0 Å². The minimum Gasteiger partial charge on any atom is -0.295 e. The molecule has 100 valence electrons. The van der Waals surface area contributed by atoms with E-state index < -0.39 is 0 Å². The zero-order chi connectivity index (χ0) is 13.7. The summed E-state index contributed by atoms with van der Waals surface area (Å²) in [6.07, 6.45) is 0. The van der Waals surface area contributed by atoms with Crippen LogP contribution in [0.5, 0.6) is 0 Å². The van der Waals surface area contributed by atoms with Crippen molar-refractivity contribution in [2.24, 2.45) is 0 Å². The summed E-state index contributed by atoms with van der Waals surface area (Å²) in [5, 5.41) is 0. The van der Waals surface area contributed by atoms with Crippen LogP contribution in [0.3, 0.4) is 0 Å². The van der Waals surface area contributed by atoms with Gasteiger partial charge in [-0.25, -0.2) is 0 Å². The minimum atomic E-state index is -0.220. The molecular formula is C17H21NO. The van der Waals surface area contributed by atoms with Crippen LogP contribution in [0.2, 0.25) is 0 Å². The highest BCUT2D eigenvalue weighted by atomic mass is 16.7. The predicted octanol–water partition coefficient (Wildman–Crippen LogP) is 4.10. The summed E-state index contributed by atoms with van der Waals surface area (Å²) in [4.78, 5) is 5.75. The Bertz CT molecular complexity index is 448. The van der Waals surface area contributed by atoms with Gasteiger partial charge in [-0.05, 0) is 31.9 Å². The standard InChI is InChI=1S/C17H21NO/c1-17(2,3)19-18-16(14-10-6-4-7-11-14)15-12-8-5-9-13-15/h4-13,16,18H,1-3H3. The van der Waals surface area contributed by atoms with Crippen molar-refractivity contribution in [2.45, 2.75) is 32.4 Å². The largest absolute Gasteiger partial charge is 0.295 e. The van der Waals surface area contributed by atoms with Gasteiger partial charge in [0.05, 0.1) is 11.6 Å². The maximum atomic E-state index is 5.75. The third-order valence-electron chi connectivity index (χ3n) is 2.75. The van der Waals surface area contributed by atoms with E-state index in [4.69, 9.17) is 4.84 Å². The quantitative estimate of drug-likeness (QED) is 0.831. The van der Waals surface area contributed by atoms with Crippen molar-refractivity contribution in [3.63, 3.8) is 0 Å². The van der Waals surface area contributed by atoms with Gasteiger partial charge in [-0.15, -0.1) is 0 Å². The van der Waals surface area contributed by atoms with Crippen LogP contribution in [-0.2, 0) is 4.84 Å². The Kier molecular flexibility index (Phi) is 4.35. The molecule has 0 aromatic heterocycles. The molecule has 0 atom stereocenters. The molecule has 2 nitrogen and oxygen atoms in total. The lowest BCUT2D eigenvalue weighted by Crippen LogP contribution is -2.32. The molecule has 0 unspecified atom stereocenters. The third kappa shape index (κ3) is 4.19. The smallest absolute Gasteiger partial charge is 0.0822 e. The molecule has 0 bridgehead atoms. The maximum Gasteiger partial charge on any atom is 0.0822 e. The maximum absolute atomic E-state index is 5.75. The second-order valence-corrected chi connectivity index (χ2v) is 5.59. The Hall–Kier alpha value is -1.64. The van der Waals surface area contributed by atoms with Gasteiger partial charge >= 0.3 is 0 Å². The third-order valence-corrected chi connectivity index (χ3v) is 2.75. The first-order valence-corrected chi connectivity index (χ1v) is 6.60. The van der Waals surface area contributed by atoms with Crippen molar-refractivity contribution in [1.82, 2.24) is 5.48 Å². The van der Waals surface area contributed by atoms with Crippen LogP contribution in [0.15, 0.2) is 60.7 Å². The van der Waals surface area contributed by atoms with E-state index in [9.17, 15) is 0 Å². The first-order chi connectivity index (χ1) is 9.06. The van der Waals surface area contributed by atoms with Crippen LogP contribution in [0.1, 0.15) is 37.9 Å². The van der Waals surface area contributed by atoms with Gasteiger partial charge in [0.15, 0.2) is 0 Å². The summed E-state index contributed by atoms with van der Waals surface area (Å²) in [6.45, 7) is 6.10. The molecule has 19 heavy (non-hydrogen) atoms. The van der Waals surface area contributed by atoms with E-state index in [0.29, 0.717) is 0 Å². The molecule has 1 N–H and O–H groups in total. The zero-order valence-corrected chi connectivity index (χ0v) is 11.8. The van der Waals surface area contributed by atoms with Gasteiger partial charge in [-0.2, -0.15) is 5.48 Å². The van der Waals surface area contributed by atoms with Crippen LogP contribution < -0.4 is 5.48 Å². The highest BCUT2D eigenvalue weighted by molar-refractivity contribution is 5.31. The molecule has 0 fully saturated rings.